The first-order valence-corrected chi connectivity index (χ1v) is 12.3. The lowest BCUT2D eigenvalue weighted by molar-refractivity contribution is 0.00578. The Hall–Kier alpha value is -1.15. The van der Waals surface area contributed by atoms with Gasteiger partial charge in [0.05, 0.1) is 26.9 Å². The Labute approximate surface area is 191 Å². The molecule has 1 N–H and O–H groups in total. The van der Waals surface area contributed by atoms with E-state index in [0.29, 0.717) is 6.54 Å². The van der Waals surface area contributed by atoms with E-state index in [4.69, 9.17) is 9.31 Å². The number of benzene rings is 1. The molecule has 0 radical (unpaired) electrons. The van der Waals surface area contributed by atoms with Gasteiger partial charge < -0.3 is 13.9 Å². The third-order valence-corrected chi connectivity index (χ3v) is 7.63. The van der Waals surface area contributed by atoms with Crippen LogP contribution in [-0.2, 0) is 33.4 Å². The second kappa shape index (κ2) is 8.01. The maximum absolute atomic E-state index is 12.5. The lowest BCUT2D eigenvalue weighted by Gasteiger charge is -2.32. The topological polar surface area (TPSA) is 52.5 Å². The minimum Gasteiger partial charge on any atom is -0.399 e. The standard InChI is InChI=1S/C24H39BN2O3S/c1-21(2,3)16-27-15-17(14-26-31(28)22(4,5)6)19-12-11-18(13-20(19)27)25-29-23(7,8)24(9,10)30-25/h11-13,15,26H,14,16H2,1-10H3. The molecule has 0 bridgehead atoms. The zero-order chi connectivity index (χ0) is 23.4. The van der Waals surface area contributed by atoms with Crippen LogP contribution in [0.2, 0.25) is 0 Å². The molecule has 1 aromatic carbocycles. The van der Waals surface area contributed by atoms with Gasteiger partial charge in [0.15, 0.2) is 0 Å². The van der Waals surface area contributed by atoms with Crippen LogP contribution in [0.1, 0.15) is 74.8 Å². The Morgan fingerprint density at radius 2 is 1.61 bits per heavy atom. The molecule has 1 saturated heterocycles. The molecule has 0 saturated carbocycles. The van der Waals surface area contributed by atoms with Crippen LogP contribution < -0.4 is 10.2 Å². The molecule has 1 fully saturated rings. The lowest BCUT2D eigenvalue weighted by atomic mass is 9.78. The van der Waals surface area contributed by atoms with Gasteiger partial charge in [-0.3, -0.25) is 0 Å². The fourth-order valence-corrected chi connectivity index (χ4v) is 4.37. The molecule has 1 unspecified atom stereocenters. The number of rotatable bonds is 5. The molecule has 1 atom stereocenters. The average molecular weight is 446 g/mol. The lowest BCUT2D eigenvalue weighted by Crippen LogP contribution is -2.41. The number of fused-ring (bicyclic) bond motifs is 1. The van der Waals surface area contributed by atoms with Crippen LogP contribution in [0.4, 0.5) is 0 Å². The second-order valence-corrected chi connectivity index (χ2v) is 14.0. The van der Waals surface area contributed by atoms with E-state index in [9.17, 15) is 4.21 Å². The summed E-state index contributed by atoms with van der Waals surface area (Å²) in [5.41, 5.74) is 2.72. The van der Waals surface area contributed by atoms with Gasteiger partial charge in [-0.2, -0.15) is 0 Å². The smallest absolute Gasteiger partial charge is 0.399 e. The average Bonchev–Trinajstić information content (AvgIpc) is 3.03. The van der Waals surface area contributed by atoms with Crippen LogP contribution in [0.3, 0.4) is 0 Å². The third kappa shape index (κ3) is 5.27. The highest BCUT2D eigenvalue weighted by molar-refractivity contribution is 7.84. The molecule has 0 spiro atoms. The quantitative estimate of drug-likeness (QED) is 0.687. The maximum atomic E-state index is 12.5. The Bertz CT molecular complexity index is 967. The fraction of sp³-hybridized carbons (Fsp3) is 0.667. The molecule has 2 heterocycles. The number of nitrogens with one attached hydrogen (secondary N) is 1. The van der Waals surface area contributed by atoms with Gasteiger partial charge in [-0.1, -0.05) is 32.9 Å². The summed E-state index contributed by atoms with van der Waals surface area (Å²) in [5.74, 6) is 0. The van der Waals surface area contributed by atoms with Crippen LogP contribution in [0.15, 0.2) is 24.4 Å². The van der Waals surface area contributed by atoms with Crippen LogP contribution in [-0.4, -0.2) is 31.8 Å². The highest BCUT2D eigenvalue weighted by atomic mass is 32.2. The van der Waals surface area contributed by atoms with Gasteiger partial charge in [-0.15, -0.1) is 0 Å². The van der Waals surface area contributed by atoms with Crippen molar-refractivity contribution in [2.45, 2.75) is 98.3 Å². The molecule has 2 aromatic rings. The van der Waals surface area contributed by atoms with Crippen LogP contribution in [0.5, 0.6) is 0 Å². The minimum atomic E-state index is -1.11. The van der Waals surface area contributed by atoms with Crippen molar-refractivity contribution in [3.05, 3.63) is 30.0 Å². The molecule has 0 amide bonds. The van der Waals surface area contributed by atoms with E-state index in [1.54, 1.807) is 0 Å². The van der Waals surface area contributed by atoms with E-state index in [1.165, 1.54) is 5.39 Å². The van der Waals surface area contributed by atoms with Gasteiger partial charge in [-0.25, -0.2) is 8.93 Å². The number of hydrogen-bond donors (Lipinski definition) is 1. The predicted molar refractivity (Wildman–Crippen MR) is 132 cm³/mol. The largest absolute Gasteiger partial charge is 0.494 e. The first-order chi connectivity index (χ1) is 14.0. The fourth-order valence-electron chi connectivity index (χ4n) is 3.65. The molecule has 172 valence electrons. The van der Waals surface area contributed by atoms with Crippen molar-refractivity contribution in [2.75, 3.05) is 0 Å². The highest BCUT2D eigenvalue weighted by Crippen LogP contribution is 2.37. The summed E-state index contributed by atoms with van der Waals surface area (Å²) in [5, 5.41) is 1.17. The van der Waals surface area contributed by atoms with Gasteiger partial charge in [0, 0.05) is 30.2 Å². The first-order valence-electron chi connectivity index (χ1n) is 11.1. The number of hydrogen-bond acceptors (Lipinski definition) is 3. The highest BCUT2D eigenvalue weighted by Gasteiger charge is 2.51. The SMILES string of the molecule is CC(C)(C)Cn1cc(CNS(=O)C(C)(C)C)c2ccc(B3OC(C)(C)C(C)(C)O3)cc21. The third-order valence-electron chi connectivity index (χ3n) is 6.11. The molecule has 1 aliphatic heterocycles. The molecule has 7 heteroatoms. The summed E-state index contributed by atoms with van der Waals surface area (Å²) < 4.78 is 30.3. The van der Waals surface area contributed by atoms with E-state index in [0.717, 1.165) is 23.1 Å². The van der Waals surface area contributed by atoms with Crippen LogP contribution in [0.25, 0.3) is 10.9 Å². The van der Waals surface area contributed by atoms with Crippen molar-refractivity contribution in [1.82, 2.24) is 9.29 Å². The maximum Gasteiger partial charge on any atom is 0.494 e. The number of nitrogens with zero attached hydrogens (tertiary/aromatic N) is 1. The van der Waals surface area contributed by atoms with Gasteiger partial charge in [0.1, 0.15) is 0 Å². The molecular weight excluding hydrogens is 407 g/mol. The van der Waals surface area contributed by atoms with Crippen molar-refractivity contribution in [1.29, 1.82) is 0 Å². The van der Waals surface area contributed by atoms with Crippen LogP contribution >= 0.6 is 0 Å². The van der Waals surface area contributed by atoms with E-state index in [1.807, 2.05) is 20.8 Å². The van der Waals surface area contributed by atoms with Gasteiger partial charge in [-0.05, 0) is 71.0 Å². The van der Waals surface area contributed by atoms with Gasteiger partial charge >= 0.3 is 7.12 Å². The van der Waals surface area contributed by atoms with Crippen LogP contribution in [0, 0.1) is 5.41 Å². The van der Waals surface area contributed by atoms with E-state index in [2.05, 4.69) is 82.2 Å². The second-order valence-electron chi connectivity index (χ2n) is 11.9. The van der Waals surface area contributed by atoms with Crippen molar-refractivity contribution < 1.29 is 13.5 Å². The summed E-state index contributed by atoms with van der Waals surface area (Å²) in [4.78, 5) is 0. The Morgan fingerprint density at radius 1 is 1.03 bits per heavy atom. The summed E-state index contributed by atoms with van der Waals surface area (Å²) in [7, 11) is -1.50. The van der Waals surface area contributed by atoms with Crippen molar-refractivity contribution >= 4 is 34.5 Å². The monoisotopic (exact) mass is 446 g/mol. The Balaban J connectivity index is 1.98. The molecule has 5 nitrogen and oxygen atoms in total. The van der Waals surface area contributed by atoms with Crippen molar-refractivity contribution in [2.24, 2.45) is 5.41 Å². The van der Waals surface area contributed by atoms with Crippen molar-refractivity contribution in [3.8, 4) is 0 Å². The Kier molecular flexibility index (Phi) is 6.33. The zero-order valence-electron chi connectivity index (χ0n) is 20.9. The van der Waals surface area contributed by atoms with Crippen molar-refractivity contribution in [3.63, 3.8) is 0 Å². The van der Waals surface area contributed by atoms with E-state index < -0.39 is 11.0 Å². The van der Waals surface area contributed by atoms with Gasteiger partial charge in [0.25, 0.3) is 0 Å². The summed E-state index contributed by atoms with van der Waals surface area (Å²) in [6, 6.07) is 6.43. The summed E-state index contributed by atoms with van der Waals surface area (Å²) >= 11 is 0. The molecular formula is C24H39BN2O3S. The summed E-state index contributed by atoms with van der Waals surface area (Å²) in [6.45, 7) is 22.4. The normalized spacial score (nSPS) is 19.9. The molecule has 31 heavy (non-hydrogen) atoms. The zero-order valence-corrected chi connectivity index (χ0v) is 21.7. The molecule has 1 aliphatic rings. The number of aromatic nitrogens is 1. The summed E-state index contributed by atoms with van der Waals surface area (Å²) in [6.07, 6.45) is 2.19. The minimum absolute atomic E-state index is 0.130. The molecule has 3 rings (SSSR count). The first kappa shape index (κ1) is 24.5. The van der Waals surface area contributed by atoms with Gasteiger partial charge in [0.2, 0.25) is 0 Å². The Morgan fingerprint density at radius 3 is 2.13 bits per heavy atom. The van der Waals surface area contributed by atoms with E-state index >= 15 is 0 Å². The predicted octanol–water partition coefficient (Wildman–Crippen LogP) is 4.54. The molecule has 1 aromatic heterocycles. The molecule has 0 aliphatic carbocycles. The van der Waals surface area contributed by atoms with E-state index in [-0.39, 0.29) is 28.5 Å².